The molecule has 1 amide bonds. The van der Waals surface area contributed by atoms with Crippen molar-refractivity contribution in [1.82, 2.24) is 5.32 Å². The summed E-state index contributed by atoms with van der Waals surface area (Å²) in [6.07, 6.45) is 1.73. The zero-order valence-corrected chi connectivity index (χ0v) is 20.2. The molecule has 0 radical (unpaired) electrons. The summed E-state index contributed by atoms with van der Waals surface area (Å²) >= 11 is 0. The summed E-state index contributed by atoms with van der Waals surface area (Å²) in [5, 5.41) is 12.6. The zero-order valence-electron chi connectivity index (χ0n) is 20.2. The van der Waals surface area contributed by atoms with Crippen LogP contribution in [-0.4, -0.2) is 56.9 Å². The number of carbonyl (C=O) groups is 1. The molecule has 2 atom stereocenters. The van der Waals surface area contributed by atoms with E-state index in [0.29, 0.717) is 37.1 Å². The minimum absolute atomic E-state index is 0.140. The van der Waals surface area contributed by atoms with Gasteiger partial charge in [-0.25, -0.2) is 4.79 Å². The number of rotatable bonds is 13. The van der Waals surface area contributed by atoms with Crippen LogP contribution in [0.4, 0.5) is 4.79 Å². The lowest BCUT2D eigenvalue weighted by Gasteiger charge is -2.27. The Morgan fingerprint density at radius 3 is 2.39 bits per heavy atom. The van der Waals surface area contributed by atoms with E-state index in [1.807, 2.05) is 39.0 Å². The van der Waals surface area contributed by atoms with Crippen molar-refractivity contribution in [3.63, 3.8) is 0 Å². The second-order valence-electron chi connectivity index (χ2n) is 9.15. The molecule has 1 rings (SSSR count). The molecule has 0 aliphatic carbocycles. The number of alkyl carbamates (subject to hydrolysis) is 1. The lowest BCUT2D eigenvalue weighted by Crippen LogP contribution is -2.42. The Hall–Kier alpha value is -1.99. The largest absolute Gasteiger partial charge is 0.493 e. The summed E-state index contributed by atoms with van der Waals surface area (Å²) in [5.74, 6) is 2.02. The predicted molar refractivity (Wildman–Crippen MR) is 122 cm³/mol. The van der Waals surface area contributed by atoms with E-state index in [2.05, 4.69) is 19.2 Å². The highest BCUT2D eigenvalue weighted by molar-refractivity contribution is 5.68. The van der Waals surface area contributed by atoms with E-state index in [1.54, 1.807) is 14.2 Å². The van der Waals surface area contributed by atoms with Crippen molar-refractivity contribution in [1.29, 1.82) is 0 Å². The third-order valence-electron chi connectivity index (χ3n) is 4.95. The van der Waals surface area contributed by atoms with Gasteiger partial charge in [-0.3, -0.25) is 0 Å². The Morgan fingerprint density at radius 1 is 1.13 bits per heavy atom. The molecule has 0 saturated carbocycles. The van der Waals surface area contributed by atoms with E-state index in [9.17, 15) is 9.90 Å². The molecule has 0 saturated heterocycles. The van der Waals surface area contributed by atoms with Gasteiger partial charge in [-0.1, -0.05) is 19.9 Å². The SMILES string of the molecule is COCCCOc1cc(C[C@@H](CC(CO)NC(=O)OC(C)(C)C)C(C)C)ccc1OC. The van der Waals surface area contributed by atoms with Crippen LogP contribution in [-0.2, 0) is 15.9 Å². The molecule has 0 bridgehead atoms. The first-order valence-corrected chi connectivity index (χ1v) is 11.0. The van der Waals surface area contributed by atoms with Gasteiger partial charge >= 0.3 is 6.09 Å². The molecular formula is C24H41NO6. The highest BCUT2D eigenvalue weighted by atomic mass is 16.6. The van der Waals surface area contributed by atoms with E-state index in [0.717, 1.165) is 18.4 Å². The molecule has 1 unspecified atom stereocenters. The third kappa shape index (κ3) is 10.7. The number of hydrogen-bond donors (Lipinski definition) is 2. The van der Waals surface area contributed by atoms with Crippen molar-refractivity contribution in [2.45, 2.75) is 65.5 Å². The Kier molecular flexibility index (Phi) is 11.7. The number of ether oxygens (including phenoxy) is 4. The van der Waals surface area contributed by atoms with Crippen LogP contribution in [0.25, 0.3) is 0 Å². The summed E-state index contributed by atoms with van der Waals surface area (Å²) in [6.45, 7) is 10.8. The van der Waals surface area contributed by atoms with Gasteiger partial charge in [0.05, 0.1) is 26.4 Å². The average Bonchev–Trinajstić information content (AvgIpc) is 2.68. The van der Waals surface area contributed by atoms with E-state index >= 15 is 0 Å². The number of carbonyl (C=O) groups excluding carboxylic acids is 1. The number of benzene rings is 1. The topological polar surface area (TPSA) is 86.2 Å². The first kappa shape index (κ1) is 27.0. The molecule has 1 aromatic rings. The average molecular weight is 440 g/mol. The number of nitrogens with one attached hydrogen (secondary N) is 1. The van der Waals surface area contributed by atoms with E-state index in [-0.39, 0.29) is 18.6 Å². The van der Waals surface area contributed by atoms with Crippen LogP contribution in [0.3, 0.4) is 0 Å². The van der Waals surface area contributed by atoms with Crippen LogP contribution < -0.4 is 14.8 Å². The zero-order chi connectivity index (χ0) is 23.4. The van der Waals surface area contributed by atoms with Crippen LogP contribution in [0.5, 0.6) is 11.5 Å². The molecule has 178 valence electrons. The second-order valence-corrected chi connectivity index (χ2v) is 9.15. The maximum Gasteiger partial charge on any atom is 0.407 e. The highest BCUT2D eigenvalue weighted by Crippen LogP contribution is 2.31. The molecule has 0 aromatic heterocycles. The summed E-state index contributed by atoms with van der Waals surface area (Å²) < 4.78 is 21.7. The van der Waals surface area contributed by atoms with Gasteiger partial charge < -0.3 is 29.4 Å². The van der Waals surface area contributed by atoms with Crippen LogP contribution in [0.2, 0.25) is 0 Å². The number of aliphatic hydroxyl groups is 1. The Bertz CT molecular complexity index is 656. The molecular weight excluding hydrogens is 398 g/mol. The standard InChI is InChI=1S/C24H41NO6/c1-17(2)19(15-20(16-26)25-23(27)31-24(3,4)5)13-18-9-10-21(29-7)22(14-18)30-12-8-11-28-6/h9-10,14,17,19-20,26H,8,11-13,15-16H2,1-7H3,(H,25,27)/t19-,20?/m0/s1. The number of aliphatic hydroxyl groups excluding tert-OH is 1. The fourth-order valence-electron chi connectivity index (χ4n) is 3.26. The third-order valence-corrected chi connectivity index (χ3v) is 4.95. The minimum Gasteiger partial charge on any atom is -0.493 e. The molecule has 7 heteroatoms. The summed E-state index contributed by atoms with van der Waals surface area (Å²) in [5.41, 5.74) is 0.541. The first-order valence-electron chi connectivity index (χ1n) is 11.0. The van der Waals surface area contributed by atoms with E-state index < -0.39 is 11.7 Å². The second kappa shape index (κ2) is 13.4. The van der Waals surface area contributed by atoms with Crippen molar-refractivity contribution >= 4 is 6.09 Å². The van der Waals surface area contributed by atoms with Gasteiger partial charge in [0, 0.05) is 20.1 Å². The van der Waals surface area contributed by atoms with Gasteiger partial charge in [0.2, 0.25) is 0 Å². The molecule has 0 heterocycles. The maximum atomic E-state index is 12.1. The van der Waals surface area contributed by atoms with Crippen LogP contribution in [0.1, 0.15) is 53.0 Å². The van der Waals surface area contributed by atoms with Gasteiger partial charge in [-0.05, 0) is 63.1 Å². The van der Waals surface area contributed by atoms with Crippen LogP contribution in [0.15, 0.2) is 18.2 Å². The van der Waals surface area contributed by atoms with Gasteiger partial charge in [-0.2, -0.15) is 0 Å². The monoisotopic (exact) mass is 439 g/mol. The Morgan fingerprint density at radius 2 is 1.84 bits per heavy atom. The van der Waals surface area contributed by atoms with E-state index in [4.69, 9.17) is 18.9 Å². The molecule has 0 aliphatic rings. The highest BCUT2D eigenvalue weighted by Gasteiger charge is 2.24. The maximum absolute atomic E-state index is 12.1. The quantitative estimate of drug-likeness (QED) is 0.448. The van der Waals surface area contributed by atoms with Gasteiger partial charge in [0.15, 0.2) is 11.5 Å². The smallest absolute Gasteiger partial charge is 0.407 e. The first-order chi connectivity index (χ1) is 14.6. The predicted octanol–water partition coefficient (Wildman–Crippen LogP) is 4.20. The lowest BCUT2D eigenvalue weighted by molar-refractivity contribution is 0.0468. The Labute approximate surface area is 187 Å². The molecule has 0 spiro atoms. The number of hydrogen-bond acceptors (Lipinski definition) is 6. The molecule has 31 heavy (non-hydrogen) atoms. The van der Waals surface area contributed by atoms with Crippen molar-refractivity contribution in [2.24, 2.45) is 11.8 Å². The van der Waals surface area contributed by atoms with Gasteiger partial charge in [0.1, 0.15) is 5.60 Å². The molecule has 0 fully saturated rings. The van der Waals surface area contributed by atoms with Crippen LogP contribution >= 0.6 is 0 Å². The fourth-order valence-corrected chi connectivity index (χ4v) is 3.26. The van der Waals surface area contributed by atoms with Crippen LogP contribution in [0, 0.1) is 11.8 Å². The molecule has 7 nitrogen and oxygen atoms in total. The number of amides is 1. The minimum atomic E-state index is -0.579. The molecule has 0 aliphatic heterocycles. The Balaban J connectivity index is 2.83. The van der Waals surface area contributed by atoms with Crippen molar-refractivity contribution in [3.8, 4) is 11.5 Å². The summed E-state index contributed by atoms with van der Waals surface area (Å²) in [6, 6.07) is 5.59. The van der Waals surface area contributed by atoms with E-state index in [1.165, 1.54) is 0 Å². The summed E-state index contributed by atoms with van der Waals surface area (Å²) in [4.78, 5) is 12.1. The van der Waals surface area contributed by atoms with Gasteiger partial charge in [-0.15, -0.1) is 0 Å². The summed E-state index contributed by atoms with van der Waals surface area (Å²) in [7, 11) is 3.30. The molecule has 1 aromatic carbocycles. The molecule has 2 N–H and O–H groups in total. The number of methoxy groups -OCH3 is 2. The fraction of sp³-hybridized carbons (Fsp3) is 0.708. The van der Waals surface area contributed by atoms with Crippen molar-refractivity contribution < 1.29 is 28.8 Å². The van der Waals surface area contributed by atoms with Crippen molar-refractivity contribution in [2.75, 3.05) is 34.0 Å². The normalized spacial score (nSPS) is 13.6. The lowest BCUT2D eigenvalue weighted by atomic mass is 9.84. The van der Waals surface area contributed by atoms with Gasteiger partial charge in [0.25, 0.3) is 0 Å². The van der Waals surface area contributed by atoms with Crippen molar-refractivity contribution in [3.05, 3.63) is 23.8 Å².